The van der Waals surface area contributed by atoms with Crippen LogP contribution < -0.4 is 4.90 Å². The molecule has 1 aromatic heterocycles. The number of hydrogen-bond acceptors (Lipinski definition) is 6. The van der Waals surface area contributed by atoms with Gasteiger partial charge >= 0.3 is 12.1 Å². The predicted octanol–water partition coefficient (Wildman–Crippen LogP) is 4.69. The van der Waals surface area contributed by atoms with Crippen molar-refractivity contribution >= 4 is 39.6 Å². The Hall–Kier alpha value is -3.06. The smallest absolute Gasteiger partial charge is 0.419 e. The van der Waals surface area contributed by atoms with Crippen LogP contribution in [0.15, 0.2) is 36.4 Å². The molecule has 2 aromatic carbocycles. The Morgan fingerprint density at radius 1 is 1.00 bits per heavy atom. The van der Waals surface area contributed by atoms with Crippen molar-refractivity contribution in [2.75, 3.05) is 38.3 Å². The highest BCUT2D eigenvalue weighted by atomic mass is 16.6. The monoisotopic (exact) mass is 438 g/mol. The van der Waals surface area contributed by atoms with Crippen LogP contribution in [0.2, 0.25) is 0 Å². The number of ether oxygens (including phenoxy) is 3. The number of carbonyl (C=O) groups is 2. The third-order valence-electron chi connectivity index (χ3n) is 5.78. The van der Waals surface area contributed by atoms with Crippen molar-refractivity contribution in [2.45, 2.75) is 39.2 Å². The Kier molecular flexibility index (Phi) is 5.86. The van der Waals surface area contributed by atoms with E-state index in [1.165, 1.54) is 7.11 Å². The van der Waals surface area contributed by atoms with Gasteiger partial charge < -0.3 is 19.1 Å². The van der Waals surface area contributed by atoms with Crippen molar-refractivity contribution in [3.63, 3.8) is 0 Å². The van der Waals surface area contributed by atoms with Gasteiger partial charge in [-0.1, -0.05) is 12.1 Å². The Balaban J connectivity index is 1.90. The fourth-order valence-corrected chi connectivity index (χ4v) is 4.13. The van der Waals surface area contributed by atoms with Crippen LogP contribution in [0, 0.1) is 0 Å². The number of esters is 1. The summed E-state index contributed by atoms with van der Waals surface area (Å²) in [7, 11) is 1.38. The van der Waals surface area contributed by atoms with E-state index in [4.69, 9.17) is 14.2 Å². The molecule has 0 N–H and O–H groups in total. The zero-order valence-electron chi connectivity index (χ0n) is 19.3. The summed E-state index contributed by atoms with van der Waals surface area (Å²) in [6.07, 6.45) is -0.445. The topological polar surface area (TPSA) is 70.0 Å². The van der Waals surface area contributed by atoms with Crippen LogP contribution in [-0.4, -0.2) is 55.6 Å². The summed E-state index contributed by atoms with van der Waals surface area (Å²) in [5, 5.41) is 1.90. The molecule has 4 rings (SSSR count). The number of methoxy groups -OCH3 is 1. The van der Waals surface area contributed by atoms with Crippen molar-refractivity contribution < 1.29 is 23.8 Å². The Bertz CT molecular complexity index is 1170. The maximum absolute atomic E-state index is 13.2. The van der Waals surface area contributed by atoms with E-state index in [1.807, 2.05) is 51.1 Å². The van der Waals surface area contributed by atoms with E-state index in [0.717, 1.165) is 40.6 Å². The largest absolute Gasteiger partial charge is 0.469 e. The molecule has 7 heteroatoms. The summed E-state index contributed by atoms with van der Waals surface area (Å²) in [5.41, 5.74) is 2.72. The molecule has 1 aliphatic rings. The highest BCUT2D eigenvalue weighted by Crippen LogP contribution is 2.35. The zero-order chi connectivity index (χ0) is 23.0. The average Bonchev–Trinajstić information content (AvgIpc) is 3.10. The molecule has 0 bridgehead atoms. The lowest BCUT2D eigenvalue weighted by molar-refractivity contribution is -0.141. The molecule has 2 heterocycles. The van der Waals surface area contributed by atoms with Gasteiger partial charge in [0.2, 0.25) is 0 Å². The van der Waals surface area contributed by atoms with Crippen molar-refractivity contribution in [1.29, 1.82) is 0 Å². The maximum atomic E-state index is 13.2. The second kappa shape index (κ2) is 8.47. The minimum Gasteiger partial charge on any atom is -0.469 e. The third kappa shape index (κ3) is 4.17. The molecule has 1 atom stereocenters. The quantitative estimate of drug-likeness (QED) is 0.553. The Labute approximate surface area is 187 Å². The van der Waals surface area contributed by atoms with Crippen LogP contribution >= 0.6 is 0 Å². The number of anilines is 1. The minimum atomic E-state index is -0.634. The first-order valence-corrected chi connectivity index (χ1v) is 10.9. The fourth-order valence-electron chi connectivity index (χ4n) is 4.13. The van der Waals surface area contributed by atoms with E-state index in [9.17, 15) is 9.59 Å². The Morgan fingerprint density at radius 3 is 2.38 bits per heavy atom. The van der Waals surface area contributed by atoms with Crippen LogP contribution in [-0.2, 0) is 19.0 Å². The van der Waals surface area contributed by atoms with Gasteiger partial charge in [-0.25, -0.2) is 9.36 Å². The van der Waals surface area contributed by atoms with Crippen molar-refractivity contribution in [3.8, 4) is 0 Å². The molecule has 0 spiro atoms. The molecule has 170 valence electrons. The number of hydrogen-bond donors (Lipinski definition) is 0. The van der Waals surface area contributed by atoms with Gasteiger partial charge in [0.25, 0.3) is 0 Å². The van der Waals surface area contributed by atoms with Crippen LogP contribution in [0.5, 0.6) is 0 Å². The minimum absolute atomic E-state index is 0.320. The highest BCUT2D eigenvalue weighted by molar-refractivity contribution is 6.13. The van der Waals surface area contributed by atoms with E-state index < -0.39 is 17.6 Å². The van der Waals surface area contributed by atoms with Gasteiger partial charge in [0, 0.05) is 29.5 Å². The first-order chi connectivity index (χ1) is 15.2. The molecule has 0 radical (unpaired) electrons. The van der Waals surface area contributed by atoms with Crippen LogP contribution in [0.25, 0.3) is 21.8 Å². The summed E-state index contributed by atoms with van der Waals surface area (Å²) in [6.45, 7) is 10.4. The fraction of sp³-hybridized carbons (Fsp3) is 0.440. The van der Waals surface area contributed by atoms with Crippen LogP contribution in [0.3, 0.4) is 0 Å². The number of nitrogens with zero attached hydrogens (tertiary/aromatic N) is 2. The molecule has 3 aromatic rings. The lowest BCUT2D eigenvalue weighted by Crippen LogP contribution is -2.36. The molecule has 1 unspecified atom stereocenters. The number of morpholine rings is 1. The predicted molar refractivity (Wildman–Crippen MR) is 125 cm³/mol. The summed E-state index contributed by atoms with van der Waals surface area (Å²) < 4.78 is 17.7. The second-order valence-electron chi connectivity index (χ2n) is 9.14. The number of benzene rings is 2. The van der Waals surface area contributed by atoms with Crippen molar-refractivity contribution in [3.05, 3.63) is 42.0 Å². The van der Waals surface area contributed by atoms with Gasteiger partial charge in [-0.05, 0) is 57.5 Å². The lowest BCUT2D eigenvalue weighted by Gasteiger charge is -2.29. The van der Waals surface area contributed by atoms with Crippen LogP contribution in [0.4, 0.5) is 10.5 Å². The first kappa shape index (κ1) is 22.1. The summed E-state index contributed by atoms with van der Waals surface area (Å²) in [5.74, 6) is -0.766. The van der Waals surface area contributed by atoms with Crippen molar-refractivity contribution in [2.24, 2.45) is 0 Å². The molecule has 0 saturated carbocycles. The molecule has 1 saturated heterocycles. The number of fused-ring (bicyclic) bond motifs is 3. The maximum Gasteiger partial charge on any atom is 0.419 e. The van der Waals surface area contributed by atoms with Crippen molar-refractivity contribution in [1.82, 2.24) is 4.57 Å². The summed E-state index contributed by atoms with van der Waals surface area (Å²) >= 11 is 0. The normalized spacial score (nSPS) is 15.7. The van der Waals surface area contributed by atoms with E-state index in [1.54, 1.807) is 11.5 Å². The molecular formula is C25H30N2O5. The molecule has 1 fully saturated rings. The number of aromatic nitrogens is 1. The van der Waals surface area contributed by atoms with Crippen LogP contribution in [0.1, 0.15) is 39.2 Å². The third-order valence-corrected chi connectivity index (χ3v) is 5.78. The van der Waals surface area contributed by atoms with E-state index in [0.29, 0.717) is 18.7 Å². The zero-order valence-corrected chi connectivity index (χ0v) is 19.3. The molecule has 1 aliphatic heterocycles. The van der Waals surface area contributed by atoms with E-state index >= 15 is 0 Å². The van der Waals surface area contributed by atoms with Gasteiger partial charge in [0.05, 0.1) is 37.3 Å². The highest BCUT2D eigenvalue weighted by Gasteiger charge is 2.25. The molecule has 7 nitrogen and oxygen atoms in total. The first-order valence-electron chi connectivity index (χ1n) is 10.9. The lowest BCUT2D eigenvalue weighted by atomic mass is 9.99. The van der Waals surface area contributed by atoms with Gasteiger partial charge in [0.1, 0.15) is 5.60 Å². The SMILES string of the molecule is COC(=O)C(C)c1ccc2c3cc(N4CCOCC4)ccc3n(C(=O)OC(C)(C)C)c2c1. The molecule has 0 amide bonds. The molecule has 0 aliphatic carbocycles. The Morgan fingerprint density at radius 2 is 1.72 bits per heavy atom. The summed E-state index contributed by atoms with van der Waals surface area (Å²) in [4.78, 5) is 27.6. The summed E-state index contributed by atoms with van der Waals surface area (Å²) in [6, 6.07) is 11.9. The molecular weight excluding hydrogens is 408 g/mol. The molecule has 32 heavy (non-hydrogen) atoms. The number of carbonyl (C=O) groups excluding carboxylic acids is 2. The average molecular weight is 439 g/mol. The van der Waals surface area contributed by atoms with Gasteiger partial charge in [0.15, 0.2) is 0 Å². The standard InChI is InChI=1S/C25H30N2O5/c1-16(23(28)30-5)17-6-8-19-20-15-18(26-10-12-31-13-11-26)7-9-21(20)27(22(19)14-17)24(29)32-25(2,3)4/h6-9,14-16H,10-13H2,1-5H3. The van der Waals surface area contributed by atoms with E-state index in [2.05, 4.69) is 11.0 Å². The van der Waals surface area contributed by atoms with Gasteiger partial charge in [-0.2, -0.15) is 0 Å². The van der Waals surface area contributed by atoms with Gasteiger partial charge in [-0.3, -0.25) is 4.79 Å². The second-order valence-corrected chi connectivity index (χ2v) is 9.14. The van der Waals surface area contributed by atoms with E-state index in [-0.39, 0.29) is 5.97 Å². The number of rotatable bonds is 3. The van der Waals surface area contributed by atoms with Gasteiger partial charge in [-0.15, -0.1) is 0 Å².